The summed E-state index contributed by atoms with van der Waals surface area (Å²) in [6, 6.07) is 48.6. The highest BCUT2D eigenvalue weighted by molar-refractivity contribution is 5.82. The van der Waals surface area contributed by atoms with Gasteiger partial charge in [-0.05, 0) is 103 Å². The highest BCUT2D eigenvalue weighted by atomic mass is 19.1. The van der Waals surface area contributed by atoms with Crippen molar-refractivity contribution in [2.75, 3.05) is 13.1 Å². The van der Waals surface area contributed by atoms with Crippen LogP contribution < -0.4 is 0 Å². The van der Waals surface area contributed by atoms with E-state index in [2.05, 4.69) is 41.3 Å². The van der Waals surface area contributed by atoms with E-state index in [1.54, 1.807) is 23.1 Å². The molecule has 7 nitrogen and oxygen atoms in total. The van der Waals surface area contributed by atoms with Crippen LogP contribution in [-0.2, 0) is 23.4 Å². The smallest absolute Gasteiger partial charge is 0.410 e. The average Bonchev–Trinajstić information content (AvgIpc) is 3.88. The molecule has 0 spiro atoms. The van der Waals surface area contributed by atoms with Crippen molar-refractivity contribution in [1.29, 1.82) is 0 Å². The third-order valence-electron chi connectivity index (χ3n) is 10.9. The summed E-state index contributed by atoms with van der Waals surface area (Å²) in [7, 11) is 0. The number of fused-ring (bicyclic) bond motifs is 1. The number of rotatable bonds is 11. The maximum absolute atomic E-state index is 15.8. The predicted octanol–water partition coefficient (Wildman–Crippen LogP) is 10.6. The Bertz CT molecular complexity index is 2390. The molecule has 0 unspecified atom stereocenters. The lowest BCUT2D eigenvalue weighted by Crippen LogP contribution is -2.45. The minimum Gasteiger partial charge on any atom is -0.444 e. The first-order chi connectivity index (χ1) is 28.1. The van der Waals surface area contributed by atoms with Crippen LogP contribution in [0.5, 0.6) is 0 Å². The Balaban J connectivity index is 1.14. The van der Waals surface area contributed by atoms with E-state index in [4.69, 9.17) is 15.0 Å². The summed E-state index contributed by atoms with van der Waals surface area (Å²) >= 11 is 0. The van der Waals surface area contributed by atoms with E-state index in [-0.39, 0.29) is 30.3 Å². The van der Waals surface area contributed by atoms with Crippen molar-refractivity contribution in [3.8, 4) is 11.1 Å². The van der Waals surface area contributed by atoms with Crippen LogP contribution in [0.3, 0.4) is 0 Å². The second-order valence-corrected chi connectivity index (χ2v) is 16.1. The molecule has 0 saturated carbocycles. The maximum atomic E-state index is 15.8. The topological polar surface area (TPSA) is 63.5 Å². The molecular weight excluding hydrogens is 729 g/mol. The van der Waals surface area contributed by atoms with Crippen molar-refractivity contribution in [3.63, 3.8) is 0 Å². The summed E-state index contributed by atoms with van der Waals surface area (Å²) in [6.45, 7) is 7.41. The summed E-state index contributed by atoms with van der Waals surface area (Å²) in [4.78, 5) is 17.1. The van der Waals surface area contributed by atoms with Crippen LogP contribution in [0.25, 0.3) is 22.2 Å². The van der Waals surface area contributed by atoms with Crippen molar-refractivity contribution in [2.24, 2.45) is 0 Å². The van der Waals surface area contributed by atoms with E-state index in [0.717, 1.165) is 51.7 Å². The highest BCUT2D eigenvalue weighted by Gasteiger charge is 2.41. The second kappa shape index (κ2) is 16.3. The van der Waals surface area contributed by atoms with Gasteiger partial charge in [-0.25, -0.2) is 18.3 Å². The van der Waals surface area contributed by atoms with Crippen LogP contribution in [0.15, 0.2) is 152 Å². The molecule has 0 radical (unpaired) electrons. The standard InChI is InChI=1S/C49H47F2N5O2/c1-48(2,3)58-47(57)55-29-13-20-43(55)34-54(32-35-21-25-42(50)26-22-35)33-38-30-36(23-27-44(38)51)37-24-28-46-45(31-37)52-53-56(46)49(39-14-7-4-8-15-39,40-16-9-5-10-17-40)41-18-11-6-12-19-41/h4-12,14-19,21-28,30-31,43H,13,20,29,32-34H2,1-3H3/t43-/m1/s1. The molecule has 2 heterocycles. The van der Waals surface area contributed by atoms with Gasteiger partial charge in [-0.3, -0.25) is 4.90 Å². The van der Waals surface area contributed by atoms with Gasteiger partial charge >= 0.3 is 6.09 Å². The normalized spacial score (nSPS) is 14.7. The monoisotopic (exact) mass is 775 g/mol. The van der Waals surface area contributed by atoms with E-state index in [1.165, 1.54) is 18.2 Å². The van der Waals surface area contributed by atoms with Gasteiger partial charge in [0, 0.05) is 37.8 Å². The quantitative estimate of drug-likeness (QED) is 0.122. The molecule has 1 aromatic heterocycles. The van der Waals surface area contributed by atoms with Gasteiger partial charge in [0.1, 0.15) is 28.3 Å². The number of halogens is 2. The molecule has 294 valence electrons. The molecule has 58 heavy (non-hydrogen) atoms. The number of ether oxygens (including phenoxy) is 1. The van der Waals surface area contributed by atoms with Crippen LogP contribution in [0.2, 0.25) is 0 Å². The lowest BCUT2D eigenvalue weighted by Gasteiger charge is -2.36. The fourth-order valence-electron chi connectivity index (χ4n) is 8.29. The largest absolute Gasteiger partial charge is 0.444 e. The molecule has 1 aliphatic rings. The Kier molecular flexibility index (Phi) is 10.9. The minimum atomic E-state index is -0.824. The Hall–Kier alpha value is -6.19. The Labute approximate surface area is 338 Å². The van der Waals surface area contributed by atoms with Gasteiger partial charge in [-0.15, -0.1) is 5.10 Å². The number of hydrogen-bond acceptors (Lipinski definition) is 5. The Morgan fingerprint density at radius 1 is 0.741 bits per heavy atom. The molecular formula is C49H47F2N5O2. The third-order valence-corrected chi connectivity index (χ3v) is 10.9. The molecule has 1 aliphatic heterocycles. The lowest BCUT2D eigenvalue weighted by atomic mass is 9.77. The molecule has 0 N–H and O–H groups in total. The van der Waals surface area contributed by atoms with Crippen molar-refractivity contribution in [1.82, 2.24) is 24.8 Å². The van der Waals surface area contributed by atoms with Gasteiger partial charge in [0.05, 0.1) is 5.52 Å². The minimum absolute atomic E-state index is 0.110. The summed E-state index contributed by atoms with van der Waals surface area (Å²) in [5.41, 5.74) is 6.37. The fourth-order valence-corrected chi connectivity index (χ4v) is 8.29. The van der Waals surface area contributed by atoms with E-state index >= 15 is 4.39 Å². The predicted molar refractivity (Wildman–Crippen MR) is 224 cm³/mol. The van der Waals surface area contributed by atoms with Crippen molar-refractivity contribution < 1.29 is 18.3 Å². The number of hydrogen-bond donors (Lipinski definition) is 0. The van der Waals surface area contributed by atoms with E-state index < -0.39 is 11.1 Å². The zero-order valence-corrected chi connectivity index (χ0v) is 33.1. The average molecular weight is 776 g/mol. The summed E-state index contributed by atoms with van der Waals surface area (Å²) in [6.07, 6.45) is 1.32. The van der Waals surface area contributed by atoms with Crippen molar-refractivity contribution >= 4 is 17.1 Å². The Morgan fingerprint density at radius 2 is 1.33 bits per heavy atom. The SMILES string of the molecule is CC(C)(C)OC(=O)N1CCC[C@@H]1CN(Cc1ccc(F)cc1)Cc1cc(-c2ccc3c(c2)nnn3C(c2ccccc2)(c2ccccc2)c2ccccc2)ccc1F. The molecule has 1 atom stereocenters. The second-order valence-electron chi connectivity index (χ2n) is 16.1. The van der Waals surface area contributed by atoms with Gasteiger partial charge in [-0.2, -0.15) is 0 Å². The third kappa shape index (κ3) is 8.00. The number of nitrogens with zero attached hydrogens (tertiary/aromatic N) is 5. The molecule has 1 fully saturated rings. The zero-order valence-electron chi connectivity index (χ0n) is 33.1. The molecule has 8 rings (SSSR count). The van der Waals surface area contributed by atoms with E-state index in [1.807, 2.05) is 104 Å². The number of carbonyl (C=O) groups is 1. The fraction of sp³-hybridized carbons (Fsp3) is 0.245. The van der Waals surface area contributed by atoms with Gasteiger partial charge in [-0.1, -0.05) is 120 Å². The molecule has 7 aromatic rings. The van der Waals surface area contributed by atoms with Gasteiger partial charge in [0.2, 0.25) is 0 Å². The van der Waals surface area contributed by atoms with Gasteiger partial charge in [0.25, 0.3) is 0 Å². The van der Waals surface area contributed by atoms with Crippen LogP contribution in [0.4, 0.5) is 13.6 Å². The summed E-state index contributed by atoms with van der Waals surface area (Å²) in [5, 5.41) is 9.63. The van der Waals surface area contributed by atoms with Gasteiger partial charge < -0.3 is 9.64 Å². The number of carbonyl (C=O) groups excluding carboxylic acids is 1. The summed E-state index contributed by atoms with van der Waals surface area (Å²) in [5.74, 6) is -0.641. The first-order valence-corrected chi connectivity index (χ1v) is 19.9. The van der Waals surface area contributed by atoms with Crippen LogP contribution in [0, 0.1) is 11.6 Å². The molecule has 6 aromatic carbocycles. The lowest BCUT2D eigenvalue weighted by molar-refractivity contribution is 0.0191. The van der Waals surface area contributed by atoms with Crippen LogP contribution in [0.1, 0.15) is 61.4 Å². The van der Waals surface area contributed by atoms with E-state index in [9.17, 15) is 9.18 Å². The molecule has 0 aliphatic carbocycles. The highest BCUT2D eigenvalue weighted by Crippen LogP contribution is 2.42. The van der Waals surface area contributed by atoms with Crippen LogP contribution >= 0.6 is 0 Å². The number of aromatic nitrogens is 3. The summed E-state index contributed by atoms with van der Waals surface area (Å²) < 4.78 is 37.5. The molecule has 1 saturated heterocycles. The molecule has 9 heteroatoms. The number of amides is 1. The maximum Gasteiger partial charge on any atom is 0.410 e. The number of likely N-dealkylation sites (tertiary alicyclic amines) is 1. The Morgan fingerprint density at radius 3 is 1.93 bits per heavy atom. The van der Waals surface area contributed by atoms with Crippen molar-refractivity contribution in [2.45, 2.75) is 63.9 Å². The van der Waals surface area contributed by atoms with Crippen LogP contribution in [-0.4, -0.2) is 55.6 Å². The first-order valence-electron chi connectivity index (χ1n) is 19.9. The first kappa shape index (κ1) is 38.7. The molecule has 0 bridgehead atoms. The van der Waals surface area contributed by atoms with Gasteiger partial charge in [0.15, 0.2) is 0 Å². The van der Waals surface area contributed by atoms with E-state index in [0.29, 0.717) is 30.7 Å². The van der Waals surface area contributed by atoms with Crippen molar-refractivity contribution in [3.05, 3.63) is 191 Å². The number of benzene rings is 6. The molecule has 1 amide bonds. The zero-order chi connectivity index (χ0) is 40.3.